The first-order chi connectivity index (χ1) is 10.3. The highest BCUT2D eigenvalue weighted by molar-refractivity contribution is 7.14. The van der Waals surface area contributed by atoms with Crippen molar-refractivity contribution in [2.45, 2.75) is 37.6 Å². The van der Waals surface area contributed by atoms with Gasteiger partial charge in [0, 0.05) is 24.7 Å². The summed E-state index contributed by atoms with van der Waals surface area (Å²) in [5, 5.41) is 16.9. The SMILES string of the molecule is O=C1NCC(c2cc[nH]n2)c2csc(NC3CCCC3)c21. The van der Waals surface area contributed by atoms with Crippen LogP contribution in [0.25, 0.3) is 0 Å². The van der Waals surface area contributed by atoms with E-state index in [-0.39, 0.29) is 11.8 Å². The van der Waals surface area contributed by atoms with Crippen LogP contribution >= 0.6 is 11.3 Å². The normalized spacial score (nSPS) is 22.1. The maximum absolute atomic E-state index is 12.3. The van der Waals surface area contributed by atoms with Crippen molar-refractivity contribution < 1.29 is 4.79 Å². The molecule has 6 heteroatoms. The number of hydrogen-bond acceptors (Lipinski definition) is 4. The molecule has 0 aromatic carbocycles. The van der Waals surface area contributed by atoms with Crippen molar-refractivity contribution in [3.8, 4) is 0 Å². The fourth-order valence-electron chi connectivity index (χ4n) is 3.35. The number of amides is 1. The first-order valence-electron chi connectivity index (χ1n) is 7.48. The van der Waals surface area contributed by atoms with E-state index in [9.17, 15) is 4.79 Å². The Kier molecular flexibility index (Phi) is 3.18. The molecule has 0 bridgehead atoms. The number of H-pyrrole nitrogens is 1. The molecule has 2 aliphatic rings. The lowest BCUT2D eigenvalue weighted by atomic mass is 9.91. The molecule has 0 spiro atoms. The molecule has 1 aliphatic carbocycles. The topological polar surface area (TPSA) is 69.8 Å². The zero-order valence-electron chi connectivity index (χ0n) is 11.7. The van der Waals surface area contributed by atoms with Crippen molar-refractivity contribution in [1.29, 1.82) is 0 Å². The Bertz CT molecular complexity index is 643. The molecule has 21 heavy (non-hydrogen) atoms. The summed E-state index contributed by atoms with van der Waals surface area (Å²) in [6.45, 7) is 0.621. The summed E-state index contributed by atoms with van der Waals surface area (Å²) in [6, 6.07) is 2.50. The molecule has 2 aromatic heterocycles. The number of thiophene rings is 1. The summed E-state index contributed by atoms with van der Waals surface area (Å²) in [5.74, 6) is 0.192. The predicted octanol–water partition coefficient (Wildman–Crippen LogP) is 2.70. The number of anilines is 1. The van der Waals surface area contributed by atoms with E-state index in [1.54, 1.807) is 11.3 Å². The average molecular weight is 302 g/mol. The molecule has 110 valence electrons. The van der Waals surface area contributed by atoms with E-state index in [4.69, 9.17) is 0 Å². The van der Waals surface area contributed by atoms with Gasteiger partial charge in [0.05, 0.1) is 11.3 Å². The van der Waals surface area contributed by atoms with Crippen molar-refractivity contribution in [2.75, 3.05) is 11.9 Å². The van der Waals surface area contributed by atoms with Gasteiger partial charge in [-0.3, -0.25) is 9.89 Å². The predicted molar refractivity (Wildman–Crippen MR) is 83.0 cm³/mol. The average Bonchev–Trinajstić information content (AvgIpc) is 3.21. The Morgan fingerprint density at radius 2 is 2.19 bits per heavy atom. The van der Waals surface area contributed by atoms with Gasteiger partial charge in [0.1, 0.15) is 5.00 Å². The Hall–Kier alpha value is -1.82. The number of carbonyl (C=O) groups is 1. The summed E-state index contributed by atoms with van der Waals surface area (Å²) >= 11 is 1.65. The molecule has 2 aromatic rings. The second-order valence-corrected chi connectivity index (χ2v) is 6.66. The van der Waals surface area contributed by atoms with Gasteiger partial charge in [-0.15, -0.1) is 11.3 Å². The van der Waals surface area contributed by atoms with Gasteiger partial charge in [0.25, 0.3) is 5.91 Å². The van der Waals surface area contributed by atoms with Gasteiger partial charge in [-0.1, -0.05) is 12.8 Å². The summed E-state index contributed by atoms with van der Waals surface area (Å²) in [4.78, 5) is 12.3. The van der Waals surface area contributed by atoms with Crippen LogP contribution in [0.5, 0.6) is 0 Å². The lowest BCUT2D eigenvalue weighted by molar-refractivity contribution is 0.0944. The maximum atomic E-state index is 12.3. The Balaban J connectivity index is 1.68. The third-order valence-electron chi connectivity index (χ3n) is 4.46. The van der Waals surface area contributed by atoms with E-state index < -0.39 is 0 Å². The maximum Gasteiger partial charge on any atom is 0.254 e. The van der Waals surface area contributed by atoms with E-state index in [2.05, 4.69) is 26.2 Å². The molecule has 5 nitrogen and oxygen atoms in total. The van der Waals surface area contributed by atoms with Gasteiger partial charge >= 0.3 is 0 Å². The number of carbonyl (C=O) groups excluding carboxylic acids is 1. The molecule has 1 aliphatic heterocycles. The minimum atomic E-state index is 0.0403. The molecule has 1 atom stereocenters. The lowest BCUT2D eigenvalue weighted by Crippen LogP contribution is -2.35. The first kappa shape index (κ1) is 12.9. The first-order valence-corrected chi connectivity index (χ1v) is 8.36. The third kappa shape index (κ3) is 2.23. The van der Waals surface area contributed by atoms with E-state index in [0.717, 1.165) is 21.8 Å². The van der Waals surface area contributed by atoms with Crippen LogP contribution in [-0.2, 0) is 0 Å². The smallest absolute Gasteiger partial charge is 0.254 e. The number of aromatic nitrogens is 2. The molecule has 1 fully saturated rings. The Morgan fingerprint density at radius 3 is 2.95 bits per heavy atom. The minimum Gasteiger partial charge on any atom is -0.374 e. The second-order valence-electron chi connectivity index (χ2n) is 5.78. The largest absolute Gasteiger partial charge is 0.374 e. The van der Waals surface area contributed by atoms with Crippen LogP contribution in [0.1, 0.15) is 53.2 Å². The van der Waals surface area contributed by atoms with Gasteiger partial charge in [-0.2, -0.15) is 5.10 Å². The fraction of sp³-hybridized carbons (Fsp3) is 0.467. The summed E-state index contributed by atoms with van der Waals surface area (Å²) < 4.78 is 0. The van der Waals surface area contributed by atoms with Gasteiger partial charge in [-0.25, -0.2) is 0 Å². The van der Waals surface area contributed by atoms with E-state index >= 15 is 0 Å². The molecule has 1 amide bonds. The van der Waals surface area contributed by atoms with E-state index in [1.807, 2.05) is 12.3 Å². The zero-order chi connectivity index (χ0) is 14.2. The van der Waals surface area contributed by atoms with Crippen LogP contribution < -0.4 is 10.6 Å². The van der Waals surface area contributed by atoms with Crippen LogP contribution in [0.2, 0.25) is 0 Å². The molecule has 0 saturated heterocycles. The molecule has 3 N–H and O–H groups in total. The Morgan fingerprint density at radius 1 is 1.33 bits per heavy atom. The van der Waals surface area contributed by atoms with Crippen molar-refractivity contribution in [3.63, 3.8) is 0 Å². The molecule has 1 unspecified atom stereocenters. The quantitative estimate of drug-likeness (QED) is 0.816. The lowest BCUT2D eigenvalue weighted by Gasteiger charge is -2.23. The molecule has 1 saturated carbocycles. The van der Waals surface area contributed by atoms with Crippen molar-refractivity contribution in [3.05, 3.63) is 34.5 Å². The van der Waals surface area contributed by atoms with Gasteiger partial charge in [0.15, 0.2) is 0 Å². The highest BCUT2D eigenvalue weighted by Gasteiger charge is 2.32. The van der Waals surface area contributed by atoms with Crippen molar-refractivity contribution in [2.24, 2.45) is 0 Å². The number of fused-ring (bicyclic) bond motifs is 1. The molecule has 3 heterocycles. The summed E-state index contributed by atoms with van der Waals surface area (Å²) in [6.07, 6.45) is 6.81. The standard InChI is InChI=1S/C15H18N4OS/c20-14-13-11(10(7-16-14)12-5-6-17-19-12)8-21-15(13)18-9-3-1-2-4-9/h5-6,8-10,18H,1-4,7H2,(H,16,20)(H,17,19). The zero-order valence-corrected chi connectivity index (χ0v) is 12.5. The highest BCUT2D eigenvalue weighted by Crippen LogP contribution is 2.39. The molecule has 0 radical (unpaired) electrons. The monoisotopic (exact) mass is 302 g/mol. The van der Waals surface area contributed by atoms with Gasteiger partial charge in [0.2, 0.25) is 0 Å². The summed E-state index contributed by atoms with van der Waals surface area (Å²) in [7, 11) is 0. The Labute approximate surface area is 127 Å². The number of rotatable bonds is 3. The van der Waals surface area contributed by atoms with Crippen LogP contribution in [-0.4, -0.2) is 28.7 Å². The van der Waals surface area contributed by atoms with Crippen LogP contribution in [0.4, 0.5) is 5.00 Å². The number of aromatic amines is 1. The third-order valence-corrected chi connectivity index (χ3v) is 5.39. The van der Waals surface area contributed by atoms with Crippen molar-refractivity contribution >= 4 is 22.2 Å². The number of hydrogen-bond donors (Lipinski definition) is 3. The highest BCUT2D eigenvalue weighted by atomic mass is 32.1. The van der Waals surface area contributed by atoms with Crippen molar-refractivity contribution in [1.82, 2.24) is 15.5 Å². The van der Waals surface area contributed by atoms with Crippen LogP contribution in [0.15, 0.2) is 17.6 Å². The molecule has 4 rings (SSSR count). The molecular weight excluding hydrogens is 284 g/mol. The summed E-state index contributed by atoms with van der Waals surface area (Å²) in [5.41, 5.74) is 2.92. The van der Waals surface area contributed by atoms with Gasteiger partial charge < -0.3 is 10.6 Å². The van der Waals surface area contributed by atoms with E-state index in [0.29, 0.717) is 12.6 Å². The fourth-order valence-corrected chi connectivity index (χ4v) is 4.44. The van der Waals surface area contributed by atoms with E-state index in [1.165, 1.54) is 25.7 Å². The number of nitrogens with one attached hydrogen (secondary N) is 3. The number of nitrogens with zero attached hydrogens (tertiary/aromatic N) is 1. The second kappa shape index (κ2) is 5.18. The molecular formula is C15H18N4OS. The van der Waals surface area contributed by atoms with Crippen LogP contribution in [0, 0.1) is 0 Å². The van der Waals surface area contributed by atoms with Crippen LogP contribution in [0.3, 0.4) is 0 Å². The minimum absolute atomic E-state index is 0.0403. The van der Waals surface area contributed by atoms with Gasteiger partial charge in [-0.05, 0) is 29.9 Å².